The summed E-state index contributed by atoms with van der Waals surface area (Å²) >= 11 is 0. The largest absolute Gasteiger partial charge is 0.493 e. The van der Waals surface area contributed by atoms with Gasteiger partial charge in [0.05, 0.1) is 13.2 Å². The molecule has 2 saturated carbocycles. The number of hydrogen-bond acceptors (Lipinski definition) is 3. The highest BCUT2D eigenvalue weighted by atomic mass is 16.5. The van der Waals surface area contributed by atoms with E-state index in [1.165, 1.54) is 18.4 Å². The van der Waals surface area contributed by atoms with E-state index >= 15 is 0 Å². The zero-order valence-corrected chi connectivity index (χ0v) is 10.9. The highest BCUT2D eigenvalue weighted by molar-refractivity contribution is 5.45. The molecule has 0 aromatic heterocycles. The summed E-state index contributed by atoms with van der Waals surface area (Å²) < 4.78 is 11.5. The summed E-state index contributed by atoms with van der Waals surface area (Å²) in [6, 6.07) is 6.56. The molecule has 0 unspecified atom stereocenters. The van der Waals surface area contributed by atoms with Gasteiger partial charge in [-0.15, -0.1) is 0 Å². The minimum atomic E-state index is 0.331. The number of ether oxygens (including phenoxy) is 2. The Morgan fingerprint density at radius 3 is 2.50 bits per heavy atom. The second-order valence-electron chi connectivity index (χ2n) is 5.44. The molecule has 1 aromatic carbocycles. The lowest BCUT2D eigenvalue weighted by molar-refractivity contribution is 0.200. The summed E-state index contributed by atoms with van der Waals surface area (Å²) in [4.78, 5) is 0. The lowest BCUT2D eigenvalue weighted by Crippen LogP contribution is -2.12. The molecule has 2 aliphatic rings. The Bertz CT molecular complexity index is 427. The van der Waals surface area contributed by atoms with Crippen molar-refractivity contribution in [2.45, 2.75) is 50.2 Å². The van der Waals surface area contributed by atoms with E-state index in [1.54, 1.807) is 7.11 Å². The van der Waals surface area contributed by atoms with E-state index in [4.69, 9.17) is 15.2 Å². The van der Waals surface area contributed by atoms with Crippen molar-refractivity contribution >= 4 is 0 Å². The highest BCUT2D eigenvalue weighted by Gasteiger charge is 2.35. The lowest BCUT2D eigenvalue weighted by atomic mass is 10.1. The van der Waals surface area contributed by atoms with E-state index in [2.05, 4.69) is 12.1 Å². The molecular weight excluding hydrogens is 226 g/mol. The first-order chi connectivity index (χ1) is 8.78. The van der Waals surface area contributed by atoms with Gasteiger partial charge in [0.15, 0.2) is 11.5 Å². The third kappa shape index (κ3) is 2.32. The van der Waals surface area contributed by atoms with Gasteiger partial charge in [-0.3, -0.25) is 0 Å². The molecule has 18 heavy (non-hydrogen) atoms. The van der Waals surface area contributed by atoms with E-state index in [0.717, 1.165) is 30.8 Å². The number of benzene rings is 1. The van der Waals surface area contributed by atoms with Crippen LogP contribution in [0.4, 0.5) is 0 Å². The molecule has 3 nitrogen and oxygen atoms in total. The fourth-order valence-electron chi connectivity index (χ4n) is 2.80. The van der Waals surface area contributed by atoms with E-state index in [1.807, 2.05) is 6.07 Å². The second-order valence-corrected chi connectivity index (χ2v) is 5.44. The summed E-state index contributed by atoms with van der Waals surface area (Å²) in [6.07, 6.45) is 6.34. The van der Waals surface area contributed by atoms with Gasteiger partial charge in [-0.1, -0.05) is 6.07 Å². The van der Waals surface area contributed by atoms with Crippen LogP contribution in [-0.2, 0) is 0 Å². The van der Waals surface area contributed by atoms with Crippen molar-refractivity contribution in [3.8, 4) is 11.5 Å². The molecule has 3 rings (SSSR count). The Morgan fingerprint density at radius 2 is 1.89 bits per heavy atom. The van der Waals surface area contributed by atoms with Gasteiger partial charge < -0.3 is 15.2 Å². The maximum Gasteiger partial charge on any atom is 0.161 e. The highest BCUT2D eigenvalue weighted by Crippen LogP contribution is 2.42. The van der Waals surface area contributed by atoms with E-state index in [-0.39, 0.29) is 0 Å². The molecule has 2 aliphatic carbocycles. The van der Waals surface area contributed by atoms with Gasteiger partial charge in [0.2, 0.25) is 0 Å². The van der Waals surface area contributed by atoms with Gasteiger partial charge >= 0.3 is 0 Å². The first-order valence-corrected chi connectivity index (χ1v) is 6.88. The summed E-state index contributed by atoms with van der Waals surface area (Å²) in [5.74, 6) is 2.24. The Kier molecular flexibility index (Phi) is 3.16. The zero-order valence-electron chi connectivity index (χ0n) is 10.9. The van der Waals surface area contributed by atoms with Crippen LogP contribution in [0, 0.1) is 0 Å². The van der Waals surface area contributed by atoms with Gasteiger partial charge in [-0.25, -0.2) is 0 Å². The van der Waals surface area contributed by atoms with Crippen molar-refractivity contribution in [2.75, 3.05) is 7.11 Å². The number of rotatable bonds is 4. The standard InChI is InChI=1S/C15H21NO2/c1-17-14-7-6-10(12-9-13(12)16)8-15(14)18-11-4-2-3-5-11/h6-8,11-13H,2-5,9,16H2,1H3/t12-,13+/m0/s1. The van der Waals surface area contributed by atoms with E-state index < -0.39 is 0 Å². The van der Waals surface area contributed by atoms with Crippen LogP contribution in [0.3, 0.4) is 0 Å². The van der Waals surface area contributed by atoms with Crippen LogP contribution >= 0.6 is 0 Å². The predicted molar refractivity (Wildman–Crippen MR) is 71.2 cm³/mol. The van der Waals surface area contributed by atoms with Crippen LogP contribution in [0.2, 0.25) is 0 Å². The van der Waals surface area contributed by atoms with Crippen LogP contribution < -0.4 is 15.2 Å². The van der Waals surface area contributed by atoms with Crippen molar-refractivity contribution < 1.29 is 9.47 Å². The fourth-order valence-corrected chi connectivity index (χ4v) is 2.80. The number of hydrogen-bond donors (Lipinski definition) is 1. The summed E-state index contributed by atoms with van der Waals surface area (Å²) in [5, 5.41) is 0. The third-order valence-corrected chi connectivity index (χ3v) is 4.05. The van der Waals surface area contributed by atoms with Crippen molar-refractivity contribution in [1.29, 1.82) is 0 Å². The van der Waals surface area contributed by atoms with E-state index in [9.17, 15) is 0 Å². The monoisotopic (exact) mass is 247 g/mol. The van der Waals surface area contributed by atoms with Crippen molar-refractivity contribution in [2.24, 2.45) is 5.73 Å². The minimum absolute atomic E-state index is 0.331. The van der Waals surface area contributed by atoms with Gasteiger partial charge in [-0.2, -0.15) is 0 Å². The molecule has 0 spiro atoms. The van der Waals surface area contributed by atoms with Gasteiger partial charge in [0, 0.05) is 12.0 Å². The first-order valence-electron chi connectivity index (χ1n) is 6.88. The molecule has 2 N–H and O–H groups in total. The van der Waals surface area contributed by atoms with Crippen LogP contribution in [-0.4, -0.2) is 19.3 Å². The molecule has 0 amide bonds. The molecule has 1 aromatic rings. The van der Waals surface area contributed by atoms with Crippen LogP contribution in [0.25, 0.3) is 0 Å². The Balaban J connectivity index is 1.80. The quantitative estimate of drug-likeness (QED) is 0.889. The molecule has 3 heteroatoms. The third-order valence-electron chi connectivity index (χ3n) is 4.05. The lowest BCUT2D eigenvalue weighted by Gasteiger charge is -2.16. The summed E-state index contributed by atoms with van der Waals surface area (Å²) in [6.45, 7) is 0. The number of methoxy groups -OCH3 is 1. The average molecular weight is 247 g/mol. The smallest absolute Gasteiger partial charge is 0.161 e. The molecular formula is C15H21NO2. The number of nitrogens with two attached hydrogens (primary N) is 1. The summed E-state index contributed by atoms with van der Waals surface area (Å²) in [5.41, 5.74) is 7.20. The first kappa shape index (κ1) is 11.8. The molecule has 0 saturated heterocycles. The minimum Gasteiger partial charge on any atom is -0.493 e. The topological polar surface area (TPSA) is 44.5 Å². The Morgan fingerprint density at radius 1 is 1.17 bits per heavy atom. The van der Waals surface area contributed by atoms with Crippen LogP contribution in [0.5, 0.6) is 11.5 Å². The summed E-state index contributed by atoms with van der Waals surface area (Å²) in [7, 11) is 1.69. The van der Waals surface area contributed by atoms with E-state index in [0.29, 0.717) is 18.1 Å². The molecule has 2 fully saturated rings. The van der Waals surface area contributed by atoms with Crippen molar-refractivity contribution in [3.63, 3.8) is 0 Å². The van der Waals surface area contributed by atoms with Gasteiger partial charge in [-0.05, 0) is 49.8 Å². The van der Waals surface area contributed by atoms with Gasteiger partial charge in [0.1, 0.15) is 0 Å². The molecule has 0 bridgehead atoms. The Labute approximate surface area is 108 Å². The van der Waals surface area contributed by atoms with Crippen molar-refractivity contribution in [1.82, 2.24) is 0 Å². The van der Waals surface area contributed by atoms with Crippen molar-refractivity contribution in [3.05, 3.63) is 23.8 Å². The normalized spacial score (nSPS) is 27.2. The molecule has 98 valence electrons. The molecule has 0 aliphatic heterocycles. The zero-order chi connectivity index (χ0) is 12.5. The second kappa shape index (κ2) is 4.81. The Hall–Kier alpha value is -1.22. The molecule has 2 atom stereocenters. The maximum absolute atomic E-state index is 6.09. The van der Waals surface area contributed by atoms with Gasteiger partial charge in [0.25, 0.3) is 0 Å². The van der Waals surface area contributed by atoms with Crippen LogP contribution in [0.1, 0.15) is 43.6 Å². The SMILES string of the molecule is COc1ccc([C@@H]2C[C@H]2N)cc1OC1CCCC1. The maximum atomic E-state index is 6.09. The molecule has 0 radical (unpaired) electrons. The molecule has 0 heterocycles. The fraction of sp³-hybridized carbons (Fsp3) is 0.600. The average Bonchev–Trinajstić information content (AvgIpc) is 2.89. The predicted octanol–water partition coefficient (Wildman–Crippen LogP) is 2.83. The van der Waals surface area contributed by atoms with Crippen LogP contribution in [0.15, 0.2) is 18.2 Å².